The maximum absolute atomic E-state index is 6.54. The predicted molar refractivity (Wildman–Crippen MR) is 247 cm³/mol. The molecule has 0 saturated carbocycles. The third-order valence-corrected chi connectivity index (χ3v) is 11.9. The molecule has 2 heterocycles. The molecular weight excluding hydrogens is 719 g/mol. The lowest BCUT2D eigenvalue weighted by atomic mass is 9.97. The molecule has 0 radical (unpaired) electrons. The fraction of sp³-hybridized carbons (Fsp3) is 0. The molecule has 276 valence electrons. The smallest absolute Gasteiger partial charge is 0.143 e. The first-order chi connectivity index (χ1) is 29.2. The molecule has 0 fully saturated rings. The number of benzene rings is 10. The standard InChI is InChI=1S/C56H35NO2/c1-3-15-45-36(10-1)12-8-18-46(45)38-22-28-42(29-23-38)57(44-14-7-13-40(34-44)41-27-32-50-49-17-5-6-20-52(49)58-54(50)35-41)43-30-24-39(25-31-43)47-19-9-21-53-55(47)51-33-26-37-11-2-4-16-48(37)56(51)59-53/h1-35H. The fourth-order valence-electron chi connectivity index (χ4n) is 9.03. The molecule has 0 amide bonds. The monoisotopic (exact) mass is 753 g/mol. The molecular formula is C56H35NO2. The Morgan fingerprint density at radius 3 is 1.66 bits per heavy atom. The van der Waals surface area contributed by atoms with Gasteiger partial charge in [-0.3, -0.25) is 0 Å². The summed E-state index contributed by atoms with van der Waals surface area (Å²) in [4.78, 5) is 2.35. The Morgan fingerprint density at radius 1 is 0.288 bits per heavy atom. The molecule has 12 aromatic rings. The average Bonchev–Trinajstić information content (AvgIpc) is 3.88. The first-order valence-corrected chi connectivity index (χ1v) is 20.1. The number of fused-ring (bicyclic) bond motifs is 9. The minimum atomic E-state index is 0.888. The third kappa shape index (κ3) is 5.51. The third-order valence-electron chi connectivity index (χ3n) is 11.9. The molecule has 3 nitrogen and oxygen atoms in total. The van der Waals surface area contributed by atoms with Gasteiger partial charge in [-0.15, -0.1) is 0 Å². The Hall–Kier alpha value is -7.88. The molecule has 0 spiro atoms. The first kappa shape index (κ1) is 33.3. The van der Waals surface area contributed by atoms with E-state index in [1.165, 1.54) is 27.3 Å². The Morgan fingerprint density at radius 2 is 0.847 bits per heavy atom. The highest BCUT2D eigenvalue weighted by molar-refractivity contribution is 6.19. The van der Waals surface area contributed by atoms with Crippen molar-refractivity contribution in [1.29, 1.82) is 0 Å². The van der Waals surface area contributed by atoms with Crippen molar-refractivity contribution >= 4 is 82.5 Å². The highest BCUT2D eigenvalue weighted by Crippen LogP contribution is 2.43. The first-order valence-electron chi connectivity index (χ1n) is 20.1. The fourth-order valence-corrected chi connectivity index (χ4v) is 9.03. The molecule has 0 saturated heterocycles. The highest BCUT2D eigenvalue weighted by atomic mass is 16.3. The summed E-state index contributed by atoms with van der Waals surface area (Å²) in [5, 5.41) is 9.31. The van der Waals surface area contributed by atoms with Gasteiger partial charge in [-0.2, -0.15) is 0 Å². The van der Waals surface area contributed by atoms with E-state index < -0.39 is 0 Å². The summed E-state index contributed by atoms with van der Waals surface area (Å²) in [5.74, 6) is 0. The van der Waals surface area contributed by atoms with Crippen LogP contribution in [0, 0.1) is 0 Å². The van der Waals surface area contributed by atoms with E-state index in [2.05, 4.69) is 205 Å². The second-order valence-electron chi connectivity index (χ2n) is 15.3. The van der Waals surface area contributed by atoms with Crippen LogP contribution in [0.4, 0.5) is 17.1 Å². The van der Waals surface area contributed by atoms with Crippen LogP contribution in [0.2, 0.25) is 0 Å². The van der Waals surface area contributed by atoms with E-state index in [0.29, 0.717) is 0 Å². The molecule has 0 atom stereocenters. The number of para-hydroxylation sites is 1. The second kappa shape index (κ2) is 13.4. The number of nitrogens with zero attached hydrogens (tertiary/aromatic N) is 1. The maximum Gasteiger partial charge on any atom is 0.143 e. The van der Waals surface area contributed by atoms with Gasteiger partial charge in [0.15, 0.2) is 0 Å². The van der Waals surface area contributed by atoms with Gasteiger partial charge in [0.2, 0.25) is 0 Å². The molecule has 0 unspecified atom stereocenters. The van der Waals surface area contributed by atoms with Crippen molar-refractivity contribution in [3.05, 3.63) is 212 Å². The van der Waals surface area contributed by atoms with Crippen molar-refractivity contribution in [2.75, 3.05) is 4.90 Å². The van der Waals surface area contributed by atoms with Crippen LogP contribution in [-0.2, 0) is 0 Å². The largest absolute Gasteiger partial charge is 0.456 e. The molecule has 0 N–H and O–H groups in total. The maximum atomic E-state index is 6.54. The van der Waals surface area contributed by atoms with Gasteiger partial charge in [0.25, 0.3) is 0 Å². The van der Waals surface area contributed by atoms with Gasteiger partial charge >= 0.3 is 0 Å². The molecule has 0 aliphatic carbocycles. The van der Waals surface area contributed by atoms with Crippen LogP contribution in [0.25, 0.3) is 98.8 Å². The zero-order chi connectivity index (χ0) is 38.9. The molecule has 3 heteroatoms. The Kier molecular flexibility index (Phi) is 7.54. The minimum Gasteiger partial charge on any atom is -0.456 e. The van der Waals surface area contributed by atoms with Gasteiger partial charge in [0.05, 0.1) is 0 Å². The lowest BCUT2D eigenvalue weighted by molar-refractivity contribution is 0.669. The summed E-state index contributed by atoms with van der Waals surface area (Å²) < 4.78 is 12.8. The van der Waals surface area contributed by atoms with Crippen molar-refractivity contribution in [1.82, 2.24) is 0 Å². The van der Waals surface area contributed by atoms with E-state index in [9.17, 15) is 0 Å². The van der Waals surface area contributed by atoms with Crippen molar-refractivity contribution in [2.24, 2.45) is 0 Å². The van der Waals surface area contributed by atoms with E-state index in [0.717, 1.165) is 88.6 Å². The molecule has 0 bridgehead atoms. The van der Waals surface area contributed by atoms with Crippen LogP contribution < -0.4 is 4.90 Å². The molecule has 2 aromatic heterocycles. The summed E-state index contributed by atoms with van der Waals surface area (Å²) in [5.41, 5.74) is 13.7. The lowest BCUT2D eigenvalue weighted by Crippen LogP contribution is -2.10. The van der Waals surface area contributed by atoms with E-state index >= 15 is 0 Å². The van der Waals surface area contributed by atoms with Crippen LogP contribution in [0.1, 0.15) is 0 Å². The Balaban J connectivity index is 0.974. The summed E-state index contributed by atoms with van der Waals surface area (Å²) in [7, 11) is 0. The molecule has 0 aliphatic heterocycles. The number of hydrogen-bond acceptors (Lipinski definition) is 3. The normalized spacial score (nSPS) is 11.7. The van der Waals surface area contributed by atoms with Gasteiger partial charge < -0.3 is 13.7 Å². The molecule has 0 aliphatic rings. The van der Waals surface area contributed by atoms with Crippen LogP contribution in [0.3, 0.4) is 0 Å². The number of furan rings is 2. The van der Waals surface area contributed by atoms with Crippen LogP contribution in [-0.4, -0.2) is 0 Å². The zero-order valence-corrected chi connectivity index (χ0v) is 32.0. The lowest BCUT2D eigenvalue weighted by Gasteiger charge is -2.26. The second-order valence-corrected chi connectivity index (χ2v) is 15.3. The van der Waals surface area contributed by atoms with Crippen LogP contribution in [0.15, 0.2) is 221 Å². The molecule has 12 rings (SSSR count). The van der Waals surface area contributed by atoms with E-state index in [1.54, 1.807) is 0 Å². The molecule has 10 aromatic carbocycles. The highest BCUT2D eigenvalue weighted by Gasteiger charge is 2.18. The van der Waals surface area contributed by atoms with Crippen LogP contribution >= 0.6 is 0 Å². The van der Waals surface area contributed by atoms with Gasteiger partial charge in [-0.1, -0.05) is 146 Å². The minimum absolute atomic E-state index is 0.888. The Bertz CT molecular complexity index is 3550. The van der Waals surface area contributed by atoms with E-state index in [1.807, 2.05) is 12.1 Å². The van der Waals surface area contributed by atoms with E-state index in [4.69, 9.17) is 8.83 Å². The summed E-state index contributed by atoms with van der Waals surface area (Å²) in [6.07, 6.45) is 0. The Labute approximate surface area is 340 Å². The summed E-state index contributed by atoms with van der Waals surface area (Å²) >= 11 is 0. The average molecular weight is 754 g/mol. The SMILES string of the molecule is c1cc(-c2ccc3c(c2)oc2ccccc23)cc(N(c2ccc(-c3cccc4ccccc34)cc2)c2ccc(-c3cccc4oc5c6ccccc6ccc5c34)cc2)c1. The topological polar surface area (TPSA) is 29.5 Å². The van der Waals surface area contributed by atoms with Gasteiger partial charge in [-0.25, -0.2) is 0 Å². The summed E-state index contributed by atoms with van der Waals surface area (Å²) in [6, 6.07) is 75.8. The predicted octanol–water partition coefficient (Wildman–Crippen LogP) is 16.3. The zero-order valence-electron chi connectivity index (χ0n) is 32.0. The van der Waals surface area contributed by atoms with Crippen molar-refractivity contribution in [3.63, 3.8) is 0 Å². The van der Waals surface area contributed by atoms with Crippen LogP contribution in [0.5, 0.6) is 0 Å². The van der Waals surface area contributed by atoms with Crippen molar-refractivity contribution in [3.8, 4) is 33.4 Å². The van der Waals surface area contributed by atoms with Gasteiger partial charge in [0, 0.05) is 44.0 Å². The van der Waals surface area contributed by atoms with Gasteiger partial charge in [-0.05, 0) is 116 Å². The quantitative estimate of drug-likeness (QED) is 0.169. The number of anilines is 3. The van der Waals surface area contributed by atoms with E-state index in [-0.39, 0.29) is 0 Å². The number of rotatable bonds is 6. The van der Waals surface area contributed by atoms with Crippen molar-refractivity contribution in [2.45, 2.75) is 0 Å². The van der Waals surface area contributed by atoms with Crippen molar-refractivity contribution < 1.29 is 8.83 Å². The summed E-state index contributed by atoms with van der Waals surface area (Å²) in [6.45, 7) is 0. The number of hydrogen-bond donors (Lipinski definition) is 0. The van der Waals surface area contributed by atoms with Gasteiger partial charge in [0.1, 0.15) is 22.3 Å². The molecule has 59 heavy (non-hydrogen) atoms.